The molecule has 0 amide bonds. The second-order valence-electron chi connectivity index (χ2n) is 6.14. The number of phenolic OH excluding ortho intramolecular Hbond substituents is 2. The summed E-state index contributed by atoms with van der Waals surface area (Å²) in [4.78, 5) is 2.02. The van der Waals surface area contributed by atoms with Crippen LogP contribution in [0.2, 0.25) is 0 Å². The highest BCUT2D eigenvalue weighted by Gasteiger charge is 2.33. The molecule has 3 rings (SSSR count). The number of fused-ring (bicyclic) bond motifs is 1. The Morgan fingerprint density at radius 3 is 2.64 bits per heavy atom. The minimum absolute atomic E-state index is 0.0704. The van der Waals surface area contributed by atoms with E-state index >= 15 is 0 Å². The fourth-order valence-electron chi connectivity index (χ4n) is 3.04. The summed E-state index contributed by atoms with van der Waals surface area (Å²) >= 11 is 0. The molecular weight excluding hydrogens is 278 g/mol. The van der Waals surface area contributed by atoms with E-state index < -0.39 is 0 Å². The smallest absolute Gasteiger partial charge is 0.127 e. The van der Waals surface area contributed by atoms with Gasteiger partial charge in [-0.05, 0) is 24.6 Å². The molecule has 2 atom stereocenters. The van der Waals surface area contributed by atoms with E-state index in [2.05, 4.69) is 6.92 Å². The summed E-state index contributed by atoms with van der Waals surface area (Å²) in [6.07, 6.45) is 0.588. The summed E-state index contributed by atoms with van der Waals surface area (Å²) in [6, 6.07) is 11.0. The number of ether oxygens (including phenoxy) is 1. The molecule has 4 heteroatoms. The molecule has 116 valence electrons. The average Bonchev–Trinajstić information content (AvgIpc) is 2.77. The predicted octanol–water partition coefficient (Wildman–Crippen LogP) is 3.48. The van der Waals surface area contributed by atoms with Crippen LogP contribution in [0.4, 0.5) is 5.69 Å². The summed E-state index contributed by atoms with van der Waals surface area (Å²) in [6.45, 7) is 2.09. The number of rotatable bonds is 3. The Morgan fingerprint density at radius 2 is 1.91 bits per heavy atom. The molecule has 1 aliphatic carbocycles. The zero-order valence-electron chi connectivity index (χ0n) is 13.1. The number of aromatic hydroxyl groups is 2. The van der Waals surface area contributed by atoms with Crippen LogP contribution in [0.15, 0.2) is 36.4 Å². The van der Waals surface area contributed by atoms with Gasteiger partial charge >= 0.3 is 0 Å². The van der Waals surface area contributed by atoms with E-state index in [0.717, 1.165) is 29.0 Å². The summed E-state index contributed by atoms with van der Waals surface area (Å²) in [5.41, 5.74) is 2.82. The molecule has 2 aromatic rings. The number of benzene rings is 2. The topological polar surface area (TPSA) is 52.9 Å². The lowest BCUT2D eigenvalue weighted by Gasteiger charge is -2.21. The van der Waals surface area contributed by atoms with Crippen molar-refractivity contribution in [2.24, 2.45) is 5.92 Å². The molecule has 0 saturated heterocycles. The fraction of sp³-hybridized carbons (Fsp3) is 0.333. The first-order valence-corrected chi connectivity index (χ1v) is 7.44. The number of hydrogen-bond acceptors (Lipinski definition) is 4. The minimum Gasteiger partial charge on any atom is -0.508 e. The van der Waals surface area contributed by atoms with Gasteiger partial charge in [-0.25, -0.2) is 0 Å². The second-order valence-corrected chi connectivity index (χ2v) is 6.14. The van der Waals surface area contributed by atoms with Gasteiger partial charge in [-0.15, -0.1) is 0 Å². The highest BCUT2D eigenvalue weighted by molar-refractivity contribution is 5.51. The van der Waals surface area contributed by atoms with E-state index in [9.17, 15) is 10.2 Å². The van der Waals surface area contributed by atoms with Crippen LogP contribution in [-0.2, 0) is 6.42 Å². The molecule has 0 aromatic heterocycles. The van der Waals surface area contributed by atoms with Crippen LogP contribution in [0.1, 0.15) is 24.2 Å². The number of hydrogen-bond donors (Lipinski definition) is 2. The zero-order valence-corrected chi connectivity index (χ0v) is 13.1. The van der Waals surface area contributed by atoms with Crippen LogP contribution in [0, 0.1) is 5.92 Å². The van der Waals surface area contributed by atoms with E-state index in [0.29, 0.717) is 0 Å². The van der Waals surface area contributed by atoms with E-state index in [-0.39, 0.29) is 23.5 Å². The molecular formula is C18H21NO3. The summed E-state index contributed by atoms with van der Waals surface area (Å²) in [5, 5.41) is 19.8. The largest absolute Gasteiger partial charge is 0.508 e. The Balaban J connectivity index is 1.92. The molecule has 0 fully saturated rings. The number of nitrogens with zero attached hydrogens (tertiary/aromatic N) is 1. The van der Waals surface area contributed by atoms with Gasteiger partial charge in [0.1, 0.15) is 23.4 Å². The molecule has 0 radical (unpaired) electrons. The van der Waals surface area contributed by atoms with Crippen LogP contribution in [0.5, 0.6) is 17.2 Å². The van der Waals surface area contributed by atoms with Gasteiger partial charge in [0, 0.05) is 49.0 Å². The van der Waals surface area contributed by atoms with Crippen molar-refractivity contribution >= 4 is 5.69 Å². The SMILES string of the molecule is CC1Cc2c(O)cc(O)cc2[C@@H]1Oc1cccc(N(C)C)c1. The highest BCUT2D eigenvalue weighted by Crippen LogP contribution is 2.44. The van der Waals surface area contributed by atoms with Gasteiger partial charge in [-0.1, -0.05) is 13.0 Å². The summed E-state index contributed by atoms with van der Waals surface area (Å²) in [5.74, 6) is 1.25. The molecule has 0 saturated carbocycles. The third-order valence-electron chi connectivity index (χ3n) is 4.19. The molecule has 22 heavy (non-hydrogen) atoms. The standard InChI is InChI=1S/C18H21NO3/c1-11-7-15-16(9-13(20)10-17(15)21)18(11)22-14-6-4-5-12(8-14)19(2)3/h4-6,8-11,18,20-21H,7H2,1-3H3/t11?,18-/m1/s1. The lowest BCUT2D eigenvalue weighted by atomic mass is 10.1. The maximum absolute atomic E-state index is 10.0. The quantitative estimate of drug-likeness (QED) is 0.911. The van der Waals surface area contributed by atoms with Crippen molar-refractivity contribution in [3.8, 4) is 17.2 Å². The fourth-order valence-corrected chi connectivity index (χ4v) is 3.04. The minimum atomic E-state index is -0.162. The Morgan fingerprint density at radius 1 is 1.14 bits per heavy atom. The van der Waals surface area contributed by atoms with Crippen molar-refractivity contribution in [2.75, 3.05) is 19.0 Å². The third-order valence-corrected chi connectivity index (χ3v) is 4.19. The Bertz CT molecular complexity index is 697. The van der Waals surface area contributed by atoms with E-state index in [1.165, 1.54) is 6.07 Å². The Hall–Kier alpha value is -2.36. The molecule has 0 spiro atoms. The molecule has 1 unspecified atom stereocenters. The van der Waals surface area contributed by atoms with Crippen molar-refractivity contribution in [3.05, 3.63) is 47.5 Å². The van der Waals surface area contributed by atoms with Gasteiger partial charge in [0.15, 0.2) is 0 Å². The third kappa shape index (κ3) is 2.56. The highest BCUT2D eigenvalue weighted by atomic mass is 16.5. The van der Waals surface area contributed by atoms with Gasteiger partial charge in [0.25, 0.3) is 0 Å². The van der Waals surface area contributed by atoms with Gasteiger partial charge in [-0.2, -0.15) is 0 Å². The van der Waals surface area contributed by atoms with E-state index in [1.807, 2.05) is 43.3 Å². The van der Waals surface area contributed by atoms with E-state index in [4.69, 9.17) is 4.74 Å². The monoisotopic (exact) mass is 299 g/mol. The van der Waals surface area contributed by atoms with Crippen molar-refractivity contribution in [3.63, 3.8) is 0 Å². The molecule has 0 heterocycles. The Labute approximate surface area is 130 Å². The second kappa shape index (κ2) is 5.44. The first-order valence-electron chi connectivity index (χ1n) is 7.44. The van der Waals surface area contributed by atoms with Crippen molar-refractivity contribution in [1.29, 1.82) is 0 Å². The van der Waals surface area contributed by atoms with Gasteiger partial charge in [0.2, 0.25) is 0 Å². The normalized spacial score (nSPS) is 19.8. The predicted molar refractivity (Wildman–Crippen MR) is 86.8 cm³/mol. The first kappa shape index (κ1) is 14.6. The van der Waals surface area contributed by atoms with Crippen LogP contribution >= 0.6 is 0 Å². The summed E-state index contributed by atoms with van der Waals surface area (Å²) < 4.78 is 6.17. The van der Waals surface area contributed by atoms with Crippen LogP contribution < -0.4 is 9.64 Å². The van der Waals surface area contributed by atoms with Crippen molar-refractivity contribution in [1.82, 2.24) is 0 Å². The molecule has 0 bridgehead atoms. The zero-order chi connectivity index (χ0) is 15.9. The lowest BCUT2D eigenvalue weighted by molar-refractivity contribution is 0.159. The first-order chi connectivity index (χ1) is 10.5. The lowest BCUT2D eigenvalue weighted by Crippen LogP contribution is -2.12. The average molecular weight is 299 g/mol. The number of anilines is 1. The van der Waals surface area contributed by atoms with E-state index in [1.54, 1.807) is 6.07 Å². The molecule has 2 N–H and O–H groups in total. The van der Waals surface area contributed by atoms with Crippen LogP contribution in [-0.4, -0.2) is 24.3 Å². The van der Waals surface area contributed by atoms with Crippen molar-refractivity contribution in [2.45, 2.75) is 19.4 Å². The van der Waals surface area contributed by atoms with Crippen LogP contribution in [0.25, 0.3) is 0 Å². The summed E-state index contributed by atoms with van der Waals surface area (Å²) in [7, 11) is 3.98. The van der Waals surface area contributed by atoms with Gasteiger partial charge in [0.05, 0.1) is 0 Å². The van der Waals surface area contributed by atoms with Gasteiger partial charge in [-0.3, -0.25) is 0 Å². The van der Waals surface area contributed by atoms with Crippen molar-refractivity contribution < 1.29 is 14.9 Å². The Kier molecular flexibility index (Phi) is 3.61. The molecule has 0 aliphatic heterocycles. The molecule has 4 nitrogen and oxygen atoms in total. The maximum Gasteiger partial charge on any atom is 0.127 e. The van der Waals surface area contributed by atoms with Crippen LogP contribution in [0.3, 0.4) is 0 Å². The maximum atomic E-state index is 10.0. The van der Waals surface area contributed by atoms with Gasteiger partial charge < -0.3 is 19.8 Å². The molecule has 1 aliphatic rings. The number of phenols is 2. The molecule has 2 aromatic carbocycles.